The van der Waals surface area contributed by atoms with Gasteiger partial charge in [-0.1, -0.05) is 60.2 Å². The molecule has 5 nitrogen and oxygen atoms in total. The van der Waals surface area contributed by atoms with Crippen molar-refractivity contribution >= 4 is 11.7 Å². The molecule has 0 bridgehead atoms. The van der Waals surface area contributed by atoms with Crippen LogP contribution in [0.5, 0.6) is 0 Å². The number of carbonyl (C=O) groups excluding carboxylic acids is 1. The maximum absolute atomic E-state index is 12.3. The summed E-state index contributed by atoms with van der Waals surface area (Å²) in [4.78, 5) is 20.5. The summed E-state index contributed by atoms with van der Waals surface area (Å²) < 4.78 is 0. The Morgan fingerprint density at radius 3 is 2.40 bits per heavy atom. The van der Waals surface area contributed by atoms with Crippen LogP contribution in [0, 0.1) is 6.92 Å². The zero-order valence-electron chi connectivity index (χ0n) is 14.1. The van der Waals surface area contributed by atoms with E-state index in [2.05, 4.69) is 51.8 Å². The Morgan fingerprint density at radius 2 is 1.64 bits per heavy atom. The van der Waals surface area contributed by atoms with E-state index >= 15 is 0 Å². The van der Waals surface area contributed by atoms with Crippen LogP contribution in [-0.2, 0) is 13.1 Å². The zero-order chi connectivity index (χ0) is 17.5. The van der Waals surface area contributed by atoms with Crippen molar-refractivity contribution in [3.63, 3.8) is 0 Å². The molecule has 3 rings (SSSR count). The Balaban J connectivity index is 1.58. The van der Waals surface area contributed by atoms with Gasteiger partial charge in [0.25, 0.3) is 5.91 Å². The van der Waals surface area contributed by atoms with E-state index < -0.39 is 0 Å². The van der Waals surface area contributed by atoms with Crippen LogP contribution in [0.1, 0.15) is 27.2 Å². The van der Waals surface area contributed by atoms with E-state index in [0.717, 1.165) is 11.1 Å². The molecule has 0 aliphatic rings. The minimum absolute atomic E-state index is 0.218. The highest BCUT2D eigenvalue weighted by molar-refractivity contribution is 5.92. The normalized spacial score (nSPS) is 10.3. The molecule has 0 spiro atoms. The highest BCUT2D eigenvalue weighted by atomic mass is 16.1. The Hall–Kier alpha value is -3.21. The maximum Gasteiger partial charge on any atom is 0.270 e. The van der Waals surface area contributed by atoms with Crippen molar-refractivity contribution in [2.24, 2.45) is 0 Å². The minimum atomic E-state index is -0.218. The summed E-state index contributed by atoms with van der Waals surface area (Å²) >= 11 is 0. The molecule has 25 heavy (non-hydrogen) atoms. The zero-order valence-corrected chi connectivity index (χ0v) is 14.1. The lowest BCUT2D eigenvalue weighted by atomic mass is 10.1. The molecule has 1 heterocycles. The molecule has 2 aromatic carbocycles. The maximum atomic E-state index is 12.3. The van der Waals surface area contributed by atoms with E-state index in [0.29, 0.717) is 24.6 Å². The second-order valence-corrected chi connectivity index (χ2v) is 5.80. The van der Waals surface area contributed by atoms with E-state index in [1.807, 2.05) is 30.3 Å². The molecule has 1 aromatic heterocycles. The third-order valence-corrected chi connectivity index (χ3v) is 3.79. The lowest BCUT2D eigenvalue weighted by Gasteiger charge is -2.08. The van der Waals surface area contributed by atoms with Crippen LogP contribution < -0.4 is 10.6 Å². The lowest BCUT2D eigenvalue weighted by molar-refractivity contribution is 0.0946. The molecule has 5 heteroatoms. The summed E-state index contributed by atoms with van der Waals surface area (Å²) in [5, 5.41) is 6.08. The lowest BCUT2D eigenvalue weighted by Crippen LogP contribution is -2.24. The van der Waals surface area contributed by atoms with Crippen molar-refractivity contribution in [2.75, 3.05) is 5.32 Å². The summed E-state index contributed by atoms with van der Waals surface area (Å²) in [6.07, 6.45) is 1.40. The average Bonchev–Trinajstić information content (AvgIpc) is 2.67. The molecule has 0 fully saturated rings. The molecular weight excluding hydrogens is 312 g/mol. The van der Waals surface area contributed by atoms with E-state index in [1.54, 1.807) is 6.07 Å². The van der Waals surface area contributed by atoms with Crippen molar-refractivity contribution in [1.29, 1.82) is 0 Å². The number of nitrogens with zero attached hydrogens (tertiary/aromatic N) is 2. The highest BCUT2D eigenvalue weighted by Gasteiger charge is 2.08. The number of nitrogens with one attached hydrogen (secondary N) is 2. The number of hydrogen-bond donors (Lipinski definition) is 2. The summed E-state index contributed by atoms with van der Waals surface area (Å²) in [6.45, 7) is 3.17. The van der Waals surface area contributed by atoms with E-state index in [1.165, 1.54) is 11.9 Å². The first-order valence-electron chi connectivity index (χ1n) is 8.14. The van der Waals surface area contributed by atoms with Gasteiger partial charge in [0.2, 0.25) is 0 Å². The largest absolute Gasteiger partial charge is 0.366 e. The third kappa shape index (κ3) is 4.88. The fraction of sp³-hybridized carbons (Fsp3) is 0.150. The number of anilines is 1. The van der Waals surface area contributed by atoms with Crippen molar-refractivity contribution < 1.29 is 4.79 Å². The second kappa shape index (κ2) is 8.06. The van der Waals surface area contributed by atoms with Crippen LogP contribution in [0.25, 0.3) is 0 Å². The van der Waals surface area contributed by atoms with Gasteiger partial charge in [-0.3, -0.25) is 4.79 Å². The molecule has 0 saturated heterocycles. The highest BCUT2D eigenvalue weighted by Crippen LogP contribution is 2.09. The van der Waals surface area contributed by atoms with E-state index in [9.17, 15) is 4.79 Å². The molecule has 126 valence electrons. The predicted molar refractivity (Wildman–Crippen MR) is 98.1 cm³/mol. The quantitative estimate of drug-likeness (QED) is 0.726. The number of aryl methyl sites for hydroxylation is 1. The van der Waals surface area contributed by atoms with Crippen LogP contribution in [-0.4, -0.2) is 15.9 Å². The number of carbonyl (C=O) groups is 1. The number of benzene rings is 2. The first-order valence-corrected chi connectivity index (χ1v) is 8.14. The van der Waals surface area contributed by atoms with Gasteiger partial charge in [-0.15, -0.1) is 0 Å². The molecule has 3 aromatic rings. The minimum Gasteiger partial charge on any atom is -0.366 e. The molecule has 2 N–H and O–H groups in total. The average molecular weight is 332 g/mol. The summed E-state index contributed by atoms with van der Waals surface area (Å²) in [6, 6.07) is 19.7. The molecule has 0 saturated carbocycles. The first kappa shape index (κ1) is 16.6. The molecule has 0 aliphatic heterocycles. The van der Waals surface area contributed by atoms with Crippen LogP contribution >= 0.6 is 0 Å². The van der Waals surface area contributed by atoms with E-state index in [-0.39, 0.29) is 5.91 Å². The number of aromatic nitrogens is 2. The third-order valence-electron chi connectivity index (χ3n) is 3.79. The van der Waals surface area contributed by atoms with Gasteiger partial charge in [-0.05, 0) is 18.1 Å². The number of amides is 1. The Morgan fingerprint density at radius 1 is 0.920 bits per heavy atom. The number of rotatable bonds is 6. The second-order valence-electron chi connectivity index (χ2n) is 5.80. The molecule has 0 unspecified atom stereocenters. The van der Waals surface area contributed by atoms with Gasteiger partial charge in [0.05, 0.1) is 0 Å². The SMILES string of the molecule is Cc1ccc(CNc2cc(C(=O)NCc3ccccc3)ncn2)cc1. The summed E-state index contributed by atoms with van der Waals surface area (Å²) in [5.41, 5.74) is 3.77. The van der Waals surface area contributed by atoms with Crippen molar-refractivity contribution in [1.82, 2.24) is 15.3 Å². The Bertz CT molecular complexity index is 832. The van der Waals surface area contributed by atoms with Crippen LogP contribution in [0.3, 0.4) is 0 Å². The molecule has 1 amide bonds. The van der Waals surface area contributed by atoms with Crippen LogP contribution in [0.4, 0.5) is 5.82 Å². The fourth-order valence-corrected chi connectivity index (χ4v) is 2.35. The smallest absolute Gasteiger partial charge is 0.270 e. The summed E-state index contributed by atoms with van der Waals surface area (Å²) in [7, 11) is 0. The fourth-order valence-electron chi connectivity index (χ4n) is 2.35. The van der Waals surface area contributed by atoms with Gasteiger partial charge in [-0.25, -0.2) is 9.97 Å². The van der Waals surface area contributed by atoms with Crippen LogP contribution in [0.15, 0.2) is 67.0 Å². The van der Waals surface area contributed by atoms with Crippen LogP contribution in [0.2, 0.25) is 0 Å². The van der Waals surface area contributed by atoms with Gasteiger partial charge in [0.1, 0.15) is 17.8 Å². The molecule has 0 radical (unpaired) electrons. The van der Waals surface area contributed by atoms with Gasteiger partial charge in [0, 0.05) is 19.2 Å². The van der Waals surface area contributed by atoms with Gasteiger partial charge >= 0.3 is 0 Å². The van der Waals surface area contributed by atoms with Crippen molar-refractivity contribution in [2.45, 2.75) is 20.0 Å². The van der Waals surface area contributed by atoms with Gasteiger partial charge in [-0.2, -0.15) is 0 Å². The van der Waals surface area contributed by atoms with E-state index in [4.69, 9.17) is 0 Å². The first-order chi connectivity index (χ1) is 12.2. The standard InChI is InChI=1S/C20H20N4O/c1-15-7-9-17(10-8-15)12-21-19-11-18(23-14-24-19)20(25)22-13-16-5-3-2-4-6-16/h2-11,14H,12-13H2,1H3,(H,22,25)(H,21,23,24). The van der Waals surface area contributed by atoms with Gasteiger partial charge < -0.3 is 10.6 Å². The predicted octanol–water partition coefficient (Wildman–Crippen LogP) is 3.33. The Labute approximate surface area is 147 Å². The van der Waals surface area contributed by atoms with Crippen molar-refractivity contribution in [3.8, 4) is 0 Å². The topological polar surface area (TPSA) is 66.9 Å². The summed E-state index contributed by atoms with van der Waals surface area (Å²) in [5.74, 6) is 0.407. The molecule has 0 atom stereocenters. The van der Waals surface area contributed by atoms with Crippen molar-refractivity contribution in [3.05, 3.63) is 89.4 Å². The monoisotopic (exact) mass is 332 g/mol. The molecule has 0 aliphatic carbocycles. The number of hydrogen-bond acceptors (Lipinski definition) is 4. The molecular formula is C20H20N4O. The van der Waals surface area contributed by atoms with Gasteiger partial charge in [0.15, 0.2) is 0 Å². The Kier molecular flexibility index (Phi) is 5.36.